The summed E-state index contributed by atoms with van der Waals surface area (Å²) in [5.74, 6) is 0.575. The van der Waals surface area contributed by atoms with Gasteiger partial charge in [-0.05, 0) is 34.7 Å². The van der Waals surface area contributed by atoms with Crippen LogP contribution in [0.3, 0.4) is 0 Å². The van der Waals surface area contributed by atoms with Crippen LogP contribution in [0.1, 0.15) is 42.5 Å². The lowest BCUT2D eigenvalue weighted by Gasteiger charge is -2.36. The summed E-state index contributed by atoms with van der Waals surface area (Å²) in [4.78, 5) is 4.76. The Hall–Kier alpha value is -1.84. The number of nitrogens with one attached hydrogen (secondary N) is 1. The third-order valence-electron chi connectivity index (χ3n) is 5.16. The van der Waals surface area contributed by atoms with Gasteiger partial charge in [-0.2, -0.15) is 0 Å². The molecule has 1 N–H and O–H groups in total. The summed E-state index contributed by atoms with van der Waals surface area (Å²) in [5, 5.41) is 3.47. The number of anilines is 1. The Morgan fingerprint density at radius 2 is 1.28 bits per heavy atom. The van der Waals surface area contributed by atoms with E-state index in [0.29, 0.717) is 12.0 Å². The normalized spacial score (nSPS) is 16.8. The quantitative estimate of drug-likeness (QED) is 0.893. The summed E-state index contributed by atoms with van der Waals surface area (Å²) < 4.78 is 0. The molecule has 1 aliphatic rings. The summed E-state index contributed by atoms with van der Waals surface area (Å²) in [6, 6.07) is 18.6. The van der Waals surface area contributed by atoms with Crippen LogP contribution in [-0.4, -0.2) is 45.2 Å². The lowest BCUT2D eigenvalue weighted by molar-refractivity contribution is 0.198. The Balaban J connectivity index is 1.94. The lowest BCUT2D eigenvalue weighted by atomic mass is 9.93. The molecule has 0 bridgehead atoms. The molecule has 1 aliphatic heterocycles. The molecule has 134 valence electrons. The maximum absolute atomic E-state index is 3.47. The van der Waals surface area contributed by atoms with E-state index < -0.39 is 0 Å². The third kappa shape index (κ3) is 4.23. The average molecular weight is 338 g/mol. The van der Waals surface area contributed by atoms with Crippen molar-refractivity contribution in [2.45, 2.75) is 25.8 Å². The Kier molecular flexibility index (Phi) is 5.77. The molecule has 1 atom stereocenters. The SMILES string of the molecule is CC(C)c1ccc(C(c2ccc(N(C)C)cc2)N2CCNCC2)cc1. The third-order valence-corrected chi connectivity index (χ3v) is 5.16. The van der Waals surface area contributed by atoms with Gasteiger partial charge in [-0.15, -0.1) is 0 Å². The summed E-state index contributed by atoms with van der Waals surface area (Å²) >= 11 is 0. The molecule has 0 radical (unpaired) electrons. The summed E-state index contributed by atoms with van der Waals surface area (Å²) in [6.45, 7) is 8.82. The largest absolute Gasteiger partial charge is 0.378 e. The number of benzene rings is 2. The molecule has 3 heteroatoms. The highest BCUT2D eigenvalue weighted by Gasteiger charge is 2.24. The molecule has 0 aliphatic carbocycles. The molecule has 2 aromatic carbocycles. The highest BCUT2D eigenvalue weighted by Crippen LogP contribution is 2.31. The number of nitrogens with zero attached hydrogens (tertiary/aromatic N) is 2. The van der Waals surface area contributed by atoms with E-state index in [1.807, 2.05) is 0 Å². The zero-order valence-corrected chi connectivity index (χ0v) is 16.0. The Bertz CT molecular complexity index is 601. The molecule has 0 spiro atoms. The first kappa shape index (κ1) is 18.0. The van der Waals surface area contributed by atoms with Crippen LogP contribution < -0.4 is 10.2 Å². The van der Waals surface area contributed by atoms with Gasteiger partial charge in [0.05, 0.1) is 6.04 Å². The van der Waals surface area contributed by atoms with Crippen LogP contribution in [0.4, 0.5) is 5.69 Å². The molecule has 1 heterocycles. The minimum Gasteiger partial charge on any atom is -0.378 e. The van der Waals surface area contributed by atoms with Crippen molar-refractivity contribution in [2.75, 3.05) is 45.2 Å². The first-order valence-electron chi connectivity index (χ1n) is 9.38. The maximum atomic E-state index is 3.47. The van der Waals surface area contributed by atoms with Crippen LogP contribution in [-0.2, 0) is 0 Å². The predicted octanol–water partition coefficient (Wildman–Crippen LogP) is 3.87. The van der Waals surface area contributed by atoms with Crippen LogP contribution >= 0.6 is 0 Å². The van der Waals surface area contributed by atoms with Gasteiger partial charge in [0.1, 0.15) is 0 Å². The van der Waals surface area contributed by atoms with Crippen LogP contribution in [0.2, 0.25) is 0 Å². The second-order valence-electron chi connectivity index (χ2n) is 7.50. The van der Waals surface area contributed by atoms with Gasteiger partial charge >= 0.3 is 0 Å². The number of rotatable bonds is 5. The highest BCUT2D eigenvalue weighted by atomic mass is 15.2. The molecule has 3 rings (SSSR count). The number of hydrogen-bond donors (Lipinski definition) is 1. The predicted molar refractivity (Wildman–Crippen MR) is 108 cm³/mol. The summed E-state index contributed by atoms with van der Waals surface area (Å²) in [6.07, 6.45) is 0. The van der Waals surface area contributed by atoms with Crippen molar-refractivity contribution in [3.05, 3.63) is 65.2 Å². The Morgan fingerprint density at radius 3 is 1.76 bits per heavy atom. The summed E-state index contributed by atoms with van der Waals surface area (Å²) in [7, 11) is 4.18. The van der Waals surface area contributed by atoms with Gasteiger partial charge in [-0.1, -0.05) is 50.2 Å². The molecule has 25 heavy (non-hydrogen) atoms. The van der Waals surface area contributed by atoms with Crippen molar-refractivity contribution in [1.82, 2.24) is 10.2 Å². The van der Waals surface area contributed by atoms with E-state index in [-0.39, 0.29) is 0 Å². The molecule has 1 fully saturated rings. The van der Waals surface area contributed by atoms with Crippen molar-refractivity contribution in [3.8, 4) is 0 Å². The molecular formula is C22H31N3. The molecule has 0 saturated carbocycles. The van der Waals surface area contributed by atoms with Crippen LogP contribution in [0.15, 0.2) is 48.5 Å². The molecule has 2 aromatic rings. The minimum atomic E-state index is 0.333. The smallest absolute Gasteiger partial charge is 0.0602 e. The molecule has 1 unspecified atom stereocenters. The number of hydrogen-bond acceptors (Lipinski definition) is 3. The summed E-state index contributed by atoms with van der Waals surface area (Å²) in [5.41, 5.74) is 5.43. The zero-order chi connectivity index (χ0) is 17.8. The van der Waals surface area contributed by atoms with Crippen molar-refractivity contribution in [2.24, 2.45) is 0 Å². The van der Waals surface area contributed by atoms with Crippen molar-refractivity contribution in [3.63, 3.8) is 0 Å². The van der Waals surface area contributed by atoms with E-state index in [4.69, 9.17) is 0 Å². The Labute approximate surface area is 152 Å². The fourth-order valence-corrected chi connectivity index (χ4v) is 3.57. The second-order valence-corrected chi connectivity index (χ2v) is 7.50. The van der Waals surface area contributed by atoms with Gasteiger partial charge in [-0.3, -0.25) is 4.90 Å². The van der Waals surface area contributed by atoms with Gasteiger partial charge in [0.2, 0.25) is 0 Å². The van der Waals surface area contributed by atoms with E-state index >= 15 is 0 Å². The van der Waals surface area contributed by atoms with Crippen LogP contribution in [0.5, 0.6) is 0 Å². The standard InChI is InChI=1S/C22H31N3/c1-17(2)18-5-7-19(8-6-18)22(25-15-13-23-14-16-25)20-9-11-21(12-10-20)24(3)4/h5-12,17,22-23H,13-16H2,1-4H3. The molecule has 1 saturated heterocycles. The van der Waals surface area contributed by atoms with E-state index in [9.17, 15) is 0 Å². The van der Waals surface area contributed by atoms with E-state index in [0.717, 1.165) is 26.2 Å². The van der Waals surface area contributed by atoms with Crippen molar-refractivity contribution >= 4 is 5.69 Å². The molecule has 3 nitrogen and oxygen atoms in total. The van der Waals surface area contributed by atoms with Gasteiger partial charge in [0.25, 0.3) is 0 Å². The average Bonchev–Trinajstić information content (AvgIpc) is 2.64. The molecule has 0 aromatic heterocycles. The van der Waals surface area contributed by atoms with Crippen molar-refractivity contribution in [1.29, 1.82) is 0 Å². The minimum absolute atomic E-state index is 0.333. The van der Waals surface area contributed by atoms with E-state index in [1.54, 1.807) is 0 Å². The van der Waals surface area contributed by atoms with Crippen LogP contribution in [0.25, 0.3) is 0 Å². The Morgan fingerprint density at radius 1 is 0.800 bits per heavy atom. The van der Waals surface area contributed by atoms with Crippen LogP contribution in [0, 0.1) is 0 Å². The van der Waals surface area contributed by atoms with Gasteiger partial charge in [-0.25, -0.2) is 0 Å². The molecular weight excluding hydrogens is 306 g/mol. The van der Waals surface area contributed by atoms with E-state index in [2.05, 4.69) is 91.6 Å². The lowest BCUT2D eigenvalue weighted by Crippen LogP contribution is -2.45. The fraction of sp³-hybridized carbons (Fsp3) is 0.455. The highest BCUT2D eigenvalue weighted by molar-refractivity contribution is 5.48. The zero-order valence-electron chi connectivity index (χ0n) is 16.0. The maximum Gasteiger partial charge on any atom is 0.0602 e. The number of piperazine rings is 1. The first-order valence-corrected chi connectivity index (χ1v) is 9.38. The van der Waals surface area contributed by atoms with Gasteiger partial charge in [0, 0.05) is 46.0 Å². The monoisotopic (exact) mass is 337 g/mol. The molecule has 0 amide bonds. The topological polar surface area (TPSA) is 18.5 Å². The van der Waals surface area contributed by atoms with Crippen molar-refractivity contribution < 1.29 is 0 Å². The van der Waals surface area contributed by atoms with Gasteiger partial charge in [0.15, 0.2) is 0 Å². The first-order chi connectivity index (χ1) is 12.1. The van der Waals surface area contributed by atoms with Gasteiger partial charge < -0.3 is 10.2 Å². The second kappa shape index (κ2) is 8.03. The van der Waals surface area contributed by atoms with E-state index in [1.165, 1.54) is 22.4 Å². The fourth-order valence-electron chi connectivity index (χ4n) is 3.57.